The number of hydrogen-bond donors (Lipinski definition) is 1. The highest BCUT2D eigenvalue weighted by Crippen LogP contribution is 2.31. The molecule has 0 saturated carbocycles. The molecule has 1 aromatic carbocycles. The molecule has 0 aliphatic carbocycles. The van der Waals surface area contributed by atoms with Gasteiger partial charge in [-0.3, -0.25) is 4.21 Å². The van der Waals surface area contributed by atoms with Crippen molar-refractivity contribution in [2.45, 2.75) is 11.8 Å². The molecular weight excluding hydrogens is 319 g/mol. The Labute approximate surface area is 134 Å². The molecule has 120 valence electrons. The molecule has 0 radical (unpaired) electrons. The van der Waals surface area contributed by atoms with Crippen LogP contribution in [0.1, 0.15) is 5.56 Å². The first-order chi connectivity index (χ1) is 11.0. The lowest BCUT2D eigenvalue weighted by Gasteiger charge is -2.10. The number of fused-ring (bicyclic) bond motifs is 1. The summed E-state index contributed by atoms with van der Waals surface area (Å²) >= 11 is 0. The molecule has 1 N–H and O–H groups in total. The Hall–Kier alpha value is -2.48. The average Bonchev–Trinajstić information content (AvgIpc) is 2.88. The van der Waals surface area contributed by atoms with E-state index >= 15 is 0 Å². The number of aromatic nitrogens is 3. The van der Waals surface area contributed by atoms with Gasteiger partial charge in [0.25, 0.3) is 0 Å². The quantitative estimate of drug-likeness (QED) is 0.794. The smallest absolute Gasteiger partial charge is 0.247 e. The van der Waals surface area contributed by atoms with E-state index in [1.807, 2.05) is 25.3 Å². The molecule has 0 amide bonds. The van der Waals surface area contributed by atoms with Crippen LogP contribution in [0, 0.1) is 12.7 Å². The molecule has 6 nitrogen and oxygen atoms in total. The second kappa shape index (κ2) is 5.96. The van der Waals surface area contributed by atoms with Gasteiger partial charge in [-0.2, -0.15) is 4.98 Å². The molecule has 8 heteroatoms. The molecule has 2 aromatic heterocycles. The normalized spacial score (nSPS) is 12.3. The third kappa shape index (κ3) is 3.02. The van der Waals surface area contributed by atoms with Crippen LogP contribution < -0.4 is 10.1 Å². The Morgan fingerprint density at radius 3 is 2.83 bits per heavy atom. The number of hydrogen-bond acceptors (Lipinski definition) is 5. The minimum atomic E-state index is -1.44. The SMILES string of the molecule is COc1cc([S@@](C)=O)c(F)cc1Nc1nc2ccc(C)cn2n1. The lowest BCUT2D eigenvalue weighted by atomic mass is 10.3. The van der Waals surface area contributed by atoms with Crippen molar-refractivity contribution >= 4 is 28.1 Å². The molecular formula is C15H15FN4O2S. The number of methoxy groups -OCH3 is 1. The van der Waals surface area contributed by atoms with Crippen LogP contribution in [0.25, 0.3) is 5.65 Å². The summed E-state index contributed by atoms with van der Waals surface area (Å²) in [4.78, 5) is 4.40. The summed E-state index contributed by atoms with van der Waals surface area (Å²) in [7, 11) is 0.0192. The zero-order valence-electron chi connectivity index (χ0n) is 12.8. The number of pyridine rings is 1. The zero-order valence-corrected chi connectivity index (χ0v) is 13.6. The lowest BCUT2D eigenvalue weighted by Crippen LogP contribution is -2.01. The maximum Gasteiger partial charge on any atom is 0.247 e. The molecule has 3 rings (SSSR count). The van der Waals surface area contributed by atoms with Crippen LogP contribution in [0.2, 0.25) is 0 Å². The van der Waals surface area contributed by atoms with Gasteiger partial charge in [0.05, 0.1) is 28.5 Å². The van der Waals surface area contributed by atoms with Crippen LogP contribution in [0.15, 0.2) is 35.4 Å². The second-order valence-corrected chi connectivity index (χ2v) is 6.35. The Kier molecular flexibility index (Phi) is 3.99. The first kappa shape index (κ1) is 15.4. The summed E-state index contributed by atoms with van der Waals surface area (Å²) in [5.74, 6) is 0.110. The van der Waals surface area contributed by atoms with E-state index in [1.165, 1.54) is 25.5 Å². The van der Waals surface area contributed by atoms with Gasteiger partial charge < -0.3 is 10.1 Å². The second-order valence-electron chi connectivity index (χ2n) is 5.01. The van der Waals surface area contributed by atoms with Gasteiger partial charge in [-0.15, -0.1) is 5.10 Å². The molecule has 0 spiro atoms. The highest BCUT2D eigenvalue weighted by molar-refractivity contribution is 7.84. The summed E-state index contributed by atoms with van der Waals surface area (Å²) in [5, 5.41) is 7.22. The van der Waals surface area contributed by atoms with Crippen LogP contribution in [-0.4, -0.2) is 32.2 Å². The van der Waals surface area contributed by atoms with Gasteiger partial charge in [-0.25, -0.2) is 8.91 Å². The lowest BCUT2D eigenvalue weighted by molar-refractivity contribution is 0.413. The highest BCUT2D eigenvalue weighted by Gasteiger charge is 2.14. The number of benzene rings is 1. The first-order valence-electron chi connectivity index (χ1n) is 6.79. The van der Waals surface area contributed by atoms with Crippen LogP contribution in [0.4, 0.5) is 16.0 Å². The number of halogens is 1. The van der Waals surface area contributed by atoms with Crippen molar-refractivity contribution in [2.24, 2.45) is 0 Å². The summed E-state index contributed by atoms with van der Waals surface area (Å²) < 4.78 is 32.4. The fourth-order valence-electron chi connectivity index (χ4n) is 2.18. The topological polar surface area (TPSA) is 68.5 Å². The summed E-state index contributed by atoms with van der Waals surface area (Å²) in [6, 6.07) is 6.41. The van der Waals surface area contributed by atoms with E-state index in [0.29, 0.717) is 23.0 Å². The van der Waals surface area contributed by atoms with Crippen molar-refractivity contribution in [3.05, 3.63) is 41.8 Å². The third-order valence-corrected chi connectivity index (χ3v) is 4.22. The maximum absolute atomic E-state index is 14.0. The predicted molar refractivity (Wildman–Crippen MR) is 86.3 cm³/mol. The number of nitrogens with one attached hydrogen (secondary N) is 1. The molecule has 0 unspecified atom stereocenters. The minimum absolute atomic E-state index is 0.0889. The van der Waals surface area contributed by atoms with Crippen LogP contribution in [0.5, 0.6) is 5.75 Å². The van der Waals surface area contributed by atoms with Gasteiger partial charge in [-0.1, -0.05) is 6.07 Å². The fraction of sp³-hybridized carbons (Fsp3) is 0.200. The van der Waals surface area contributed by atoms with Crippen LogP contribution in [-0.2, 0) is 10.8 Å². The maximum atomic E-state index is 14.0. The third-order valence-electron chi connectivity index (χ3n) is 3.29. The molecule has 0 fully saturated rings. The minimum Gasteiger partial charge on any atom is -0.495 e. The number of nitrogens with zero attached hydrogens (tertiary/aromatic N) is 3. The van der Waals surface area contributed by atoms with E-state index in [4.69, 9.17) is 4.74 Å². The van der Waals surface area contributed by atoms with Gasteiger partial charge in [0.15, 0.2) is 5.65 Å². The molecule has 23 heavy (non-hydrogen) atoms. The average molecular weight is 334 g/mol. The number of rotatable bonds is 4. The monoisotopic (exact) mass is 334 g/mol. The van der Waals surface area contributed by atoms with E-state index in [1.54, 1.807) is 4.52 Å². The Bertz CT molecular complexity index is 910. The first-order valence-corrected chi connectivity index (χ1v) is 8.35. The molecule has 0 aliphatic heterocycles. The predicted octanol–water partition coefficient (Wildman–Crippen LogP) is 2.67. The van der Waals surface area contributed by atoms with E-state index in [-0.39, 0.29) is 4.90 Å². The van der Waals surface area contributed by atoms with Crippen molar-refractivity contribution in [2.75, 3.05) is 18.7 Å². The summed E-state index contributed by atoms with van der Waals surface area (Å²) in [6.45, 7) is 1.95. The molecule has 1 atom stereocenters. The van der Waals surface area contributed by atoms with Gasteiger partial charge >= 0.3 is 0 Å². The number of anilines is 2. The number of aryl methyl sites for hydroxylation is 1. The largest absolute Gasteiger partial charge is 0.495 e. The Balaban J connectivity index is 2.00. The van der Waals surface area contributed by atoms with Crippen molar-refractivity contribution in [1.82, 2.24) is 14.6 Å². The molecule has 0 bridgehead atoms. The summed E-state index contributed by atoms with van der Waals surface area (Å²) in [5.41, 5.74) is 2.09. The zero-order chi connectivity index (χ0) is 16.6. The van der Waals surface area contributed by atoms with Crippen molar-refractivity contribution in [1.29, 1.82) is 0 Å². The van der Waals surface area contributed by atoms with E-state index in [2.05, 4.69) is 15.4 Å². The van der Waals surface area contributed by atoms with E-state index < -0.39 is 16.6 Å². The van der Waals surface area contributed by atoms with Crippen molar-refractivity contribution in [3.63, 3.8) is 0 Å². The highest BCUT2D eigenvalue weighted by atomic mass is 32.2. The van der Waals surface area contributed by atoms with E-state index in [0.717, 1.165) is 5.56 Å². The van der Waals surface area contributed by atoms with Crippen molar-refractivity contribution in [3.8, 4) is 5.75 Å². The van der Waals surface area contributed by atoms with Gasteiger partial charge in [0, 0.05) is 24.6 Å². The van der Waals surface area contributed by atoms with Gasteiger partial charge in [0.1, 0.15) is 11.6 Å². The van der Waals surface area contributed by atoms with E-state index in [9.17, 15) is 8.60 Å². The molecule has 0 saturated heterocycles. The van der Waals surface area contributed by atoms with Crippen LogP contribution >= 0.6 is 0 Å². The molecule has 3 aromatic rings. The van der Waals surface area contributed by atoms with Crippen LogP contribution in [0.3, 0.4) is 0 Å². The number of ether oxygens (including phenoxy) is 1. The molecule has 2 heterocycles. The van der Waals surface area contributed by atoms with Crippen molar-refractivity contribution < 1.29 is 13.3 Å². The standard InChI is InChI=1S/C15H15FN4O2S/c1-9-4-5-14-18-15(19-20(14)8-9)17-11-6-10(16)13(23(3)21)7-12(11)22-2/h4-8H,1-3H3,(H,17,19)/t23-/m1/s1. The van der Waals surface area contributed by atoms with Gasteiger partial charge in [0.2, 0.25) is 5.95 Å². The van der Waals surface area contributed by atoms with Gasteiger partial charge in [-0.05, 0) is 18.6 Å². The Morgan fingerprint density at radius 2 is 2.13 bits per heavy atom. The fourth-order valence-corrected chi connectivity index (χ4v) is 2.79. The summed E-state index contributed by atoms with van der Waals surface area (Å²) in [6.07, 6.45) is 3.26. The Morgan fingerprint density at radius 1 is 1.35 bits per heavy atom. The molecule has 0 aliphatic rings.